The molecule has 1 aliphatic rings. The molecular formula is C25H24ClFN4O4S. The van der Waals surface area contributed by atoms with Gasteiger partial charge in [0.2, 0.25) is 10.0 Å². The number of hydrogen-bond donors (Lipinski definition) is 3. The van der Waals surface area contributed by atoms with Crippen LogP contribution in [-0.4, -0.2) is 33.2 Å². The fourth-order valence-electron chi connectivity index (χ4n) is 3.41. The summed E-state index contributed by atoms with van der Waals surface area (Å²) >= 11 is 5.47. The second kappa shape index (κ2) is 11.7. The van der Waals surface area contributed by atoms with Gasteiger partial charge in [-0.2, -0.15) is 0 Å². The summed E-state index contributed by atoms with van der Waals surface area (Å²) < 4.78 is 38.4. The summed E-state index contributed by atoms with van der Waals surface area (Å²) in [6.07, 6.45) is 5.43. The van der Waals surface area contributed by atoms with Crippen molar-refractivity contribution in [2.75, 3.05) is 27.7 Å². The second-order valence-corrected chi connectivity index (χ2v) is 9.95. The van der Waals surface area contributed by atoms with Gasteiger partial charge >= 0.3 is 6.03 Å². The van der Waals surface area contributed by atoms with Crippen molar-refractivity contribution in [3.8, 4) is 11.1 Å². The maximum Gasteiger partial charge on any atom is 0.316 e. The third-order valence-corrected chi connectivity index (χ3v) is 5.77. The molecule has 4 N–H and O–H groups in total. The van der Waals surface area contributed by atoms with Crippen LogP contribution in [0.25, 0.3) is 11.1 Å². The van der Waals surface area contributed by atoms with E-state index >= 15 is 0 Å². The summed E-state index contributed by atoms with van der Waals surface area (Å²) in [5.41, 5.74) is 7.84. The van der Waals surface area contributed by atoms with Crippen LogP contribution < -0.4 is 20.7 Å². The smallest absolute Gasteiger partial charge is 0.316 e. The Morgan fingerprint density at radius 1 is 1.06 bits per heavy atom. The number of nitrogens with two attached hydrogens (primary N) is 1. The minimum atomic E-state index is -3.35. The lowest BCUT2D eigenvalue weighted by Crippen LogP contribution is -2.32. The van der Waals surface area contributed by atoms with Gasteiger partial charge in [0, 0.05) is 22.8 Å². The van der Waals surface area contributed by atoms with Crippen LogP contribution in [-0.2, 0) is 14.8 Å². The number of urea groups is 1. The van der Waals surface area contributed by atoms with Crippen molar-refractivity contribution in [2.45, 2.75) is 6.42 Å². The van der Waals surface area contributed by atoms with Gasteiger partial charge in [0.05, 0.1) is 17.6 Å². The first-order valence-electron chi connectivity index (χ1n) is 10.7. The molecule has 0 atom stereocenters. The van der Waals surface area contributed by atoms with E-state index in [1.54, 1.807) is 23.1 Å². The number of amides is 3. The van der Waals surface area contributed by atoms with Crippen LogP contribution in [0.3, 0.4) is 0 Å². The molecule has 0 saturated heterocycles. The molecule has 3 aromatic carbocycles. The minimum Gasteiger partial charge on any atom is -0.351 e. The number of halogens is 2. The molecule has 0 aromatic heterocycles. The highest BCUT2D eigenvalue weighted by atomic mass is 35.5. The molecular weight excluding hydrogens is 507 g/mol. The Bertz CT molecular complexity index is 1400. The third kappa shape index (κ3) is 7.56. The Balaban J connectivity index is 0.000000253. The molecule has 8 nitrogen and oxygen atoms in total. The van der Waals surface area contributed by atoms with Gasteiger partial charge in [-0.05, 0) is 54.5 Å². The molecule has 0 saturated carbocycles. The number of sulfonamides is 1. The fraction of sp³-hybridized carbons (Fsp3) is 0.120. The molecule has 36 heavy (non-hydrogen) atoms. The first kappa shape index (κ1) is 26.7. The number of carbonyl (C=O) groups is 2. The van der Waals surface area contributed by atoms with E-state index in [1.807, 2.05) is 42.5 Å². The number of carbonyl (C=O) groups excluding carboxylic acids is 2. The lowest BCUT2D eigenvalue weighted by Gasteiger charge is -2.23. The molecule has 1 heterocycles. The number of nitrogens with one attached hydrogen (secondary N) is 2. The van der Waals surface area contributed by atoms with Gasteiger partial charge in [0.15, 0.2) is 0 Å². The highest BCUT2D eigenvalue weighted by Crippen LogP contribution is 2.30. The predicted octanol–water partition coefficient (Wildman–Crippen LogP) is 4.99. The molecule has 0 aliphatic carbocycles. The van der Waals surface area contributed by atoms with Crippen molar-refractivity contribution in [1.29, 1.82) is 0 Å². The van der Waals surface area contributed by atoms with Crippen molar-refractivity contribution in [1.82, 2.24) is 0 Å². The van der Waals surface area contributed by atoms with Gasteiger partial charge in [-0.3, -0.25) is 9.52 Å². The number of nitrogens with zero attached hydrogens (tertiary/aromatic N) is 1. The Hall–Kier alpha value is -3.89. The molecule has 0 fully saturated rings. The molecule has 3 aromatic rings. The van der Waals surface area contributed by atoms with Crippen molar-refractivity contribution in [3.05, 3.63) is 89.7 Å². The summed E-state index contributed by atoms with van der Waals surface area (Å²) in [6.45, 7) is 0.668. The van der Waals surface area contributed by atoms with Crippen LogP contribution in [0.4, 0.5) is 26.2 Å². The van der Waals surface area contributed by atoms with Gasteiger partial charge in [-0.25, -0.2) is 17.6 Å². The van der Waals surface area contributed by atoms with E-state index in [0.29, 0.717) is 12.2 Å². The minimum absolute atomic E-state index is 0.0202. The summed E-state index contributed by atoms with van der Waals surface area (Å²) in [5, 5.41) is 2.37. The van der Waals surface area contributed by atoms with Crippen molar-refractivity contribution >= 4 is 50.6 Å². The SMILES string of the molecule is CS(=O)(=O)Nc1ccccc1-c1ccc(N2CCC=CC2=O)cc1.NC(=O)Nc1ccc(Cl)cc1F. The van der Waals surface area contributed by atoms with Gasteiger partial charge < -0.3 is 16.0 Å². The van der Waals surface area contributed by atoms with Crippen LogP contribution in [0.1, 0.15) is 6.42 Å². The van der Waals surface area contributed by atoms with E-state index in [4.69, 9.17) is 17.3 Å². The van der Waals surface area contributed by atoms with E-state index in [0.717, 1.165) is 35.6 Å². The van der Waals surface area contributed by atoms with Gasteiger partial charge in [0.25, 0.3) is 5.91 Å². The topological polar surface area (TPSA) is 122 Å². The van der Waals surface area contributed by atoms with E-state index in [2.05, 4.69) is 10.0 Å². The number of para-hydroxylation sites is 1. The van der Waals surface area contributed by atoms with E-state index in [9.17, 15) is 22.4 Å². The molecule has 0 unspecified atom stereocenters. The summed E-state index contributed by atoms with van der Waals surface area (Å²) in [7, 11) is -3.35. The number of benzene rings is 3. The van der Waals surface area contributed by atoms with Crippen molar-refractivity contribution < 1.29 is 22.4 Å². The van der Waals surface area contributed by atoms with Crippen LogP contribution in [0, 0.1) is 5.82 Å². The van der Waals surface area contributed by atoms with Crippen LogP contribution in [0.2, 0.25) is 5.02 Å². The standard InChI is InChI=1S/C18H18N2O3S.C7H6ClFN2O/c1-24(22,23)19-17-7-3-2-6-16(17)14-9-11-15(12-10-14)20-13-5-4-8-18(20)21;8-4-1-2-6(5(9)3-4)11-7(10)12/h2-4,6-12,19H,5,13H2,1H3;1-3H,(H3,10,11,12). The van der Waals surface area contributed by atoms with E-state index < -0.39 is 21.9 Å². The number of hydrogen-bond acceptors (Lipinski definition) is 4. The normalized spacial score (nSPS) is 13.0. The molecule has 3 amide bonds. The highest BCUT2D eigenvalue weighted by molar-refractivity contribution is 7.92. The summed E-state index contributed by atoms with van der Waals surface area (Å²) in [6, 6.07) is 17.8. The average molecular weight is 531 g/mol. The third-order valence-electron chi connectivity index (χ3n) is 4.95. The number of primary amides is 1. The summed E-state index contributed by atoms with van der Waals surface area (Å²) in [5.74, 6) is -0.630. The molecule has 1 aliphatic heterocycles. The van der Waals surface area contributed by atoms with Gasteiger partial charge in [-0.15, -0.1) is 0 Å². The fourth-order valence-corrected chi connectivity index (χ4v) is 4.15. The van der Waals surface area contributed by atoms with Crippen LogP contribution in [0.15, 0.2) is 78.9 Å². The average Bonchev–Trinajstić information content (AvgIpc) is 2.81. The molecule has 4 rings (SSSR count). The lowest BCUT2D eigenvalue weighted by molar-refractivity contribution is -0.114. The second-order valence-electron chi connectivity index (χ2n) is 7.76. The Labute approximate surface area is 213 Å². The van der Waals surface area contributed by atoms with Crippen molar-refractivity contribution in [2.24, 2.45) is 5.73 Å². The zero-order chi connectivity index (χ0) is 26.3. The Kier molecular flexibility index (Phi) is 8.68. The maximum atomic E-state index is 12.9. The Morgan fingerprint density at radius 3 is 2.36 bits per heavy atom. The first-order valence-corrected chi connectivity index (χ1v) is 13.0. The monoisotopic (exact) mass is 530 g/mol. The highest BCUT2D eigenvalue weighted by Gasteiger charge is 2.16. The molecule has 188 valence electrons. The van der Waals surface area contributed by atoms with E-state index in [-0.39, 0.29) is 16.6 Å². The van der Waals surface area contributed by atoms with E-state index in [1.165, 1.54) is 12.1 Å². The molecule has 11 heteroatoms. The lowest BCUT2D eigenvalue weighted by atomic mass is 10.0. The Morgan fingerprint density at radius 2 is 1.75 bits per heavy atom. The predicted molar refractivity (Wildman–Crippen MR) is 141 cm³/mol. The largest absolute Gasteiger partial charge is 0.351 e. The van der Waals surface area contributed by atoms with Crippen molar-refractivity contribution in [3.63, 3.8) is 0 Å². The number of anilines is 3. The first-order chi connectivity index (χ1) is 17.0. The van der Waals surface area contributed by atoms with Crippen LogP contribution >= 0.6 is 11.6 Å². The molecule has 0 radical (unpaired) electrons. The summed E-state index contributed by atoms with van der Waals surface area (Å²) in [4.78, 5) is 24.0. The number of rotatable bonds is 5. The zero-order valence-corrected chi connectivity index (χ0v) is 20.8. The molecule has 0 spiro atoms. The molecule has 0 bridgehead atoms. The zero-order valence-electron chi connectivity index (χ0n) is 19.2. The quantitative estimate of drug-likeness (QED) is 0.430. The van der Waals surface area contributed by atoms with Gasteiger partial charge in [0.1, 0.15) is 5.82 Å². The van der Waals surface area contributed by atoms with Gasteiger partial charge in [-0.1, -0.05) is 48.0 Å². The van der Waals surface area contributed by atoms with Crippen LogP contribution in [0.5, 0.6) is 0 Å². The maximum absolute atomic E-state index is 12.9.